The van der Waals surface area contributed by atoms with Crippen molar-refractivity contribution in [3.8, 4) is 0 Å². The number of esters is 1. The number of nitroso groups, excluding NO2 is 1. The summed E-state index contributed by atoms with van der Waals surface area (Å²) in [5.41, 5.74) is 1.23. The molecule has 0 unspecified atom stereocenters. The smallest absolute Gasteiger partial charge is 0.315 e. The molecule has 0 aromatic heterocycles. The second-order valence-corrected chi connectivity index (χ2v) is 3.95. The molecule has 0 amide bonds. The molecule has 0 atom stereocenters. The molecule has 0 aliphatic rings. The van der Waals surface area contributed by atoms with Crippen molar-refractivity contribution < 1.29 is 9.53 Å². The van der Waals surface area contributed by atoms with Crippen LogP contribution in [0.2, 0.25) is 0 Å². The summed E-state index contributed by atoms with van der Waals surface area (Å²) >= 11 is 1.37. The number of ether oxygens (including phenoxy) is 1. The topological polar surface area (TPSA) is 55.7 Å². The van der Waals surface area contributed by atoms with Crippen molar-refractivity contribution in [3.05, 3.63) is 28.7 Å². The first-order chi connectivity index (χ1) is 7.17. The van der Waals surface area contributed by atoms with Crippen LogP contribution in [0.15, 0.2) is 28.3 Å². The quantitative estimate of drug-likeness (QED) is 0.449. The Balaban J connectivity index is 2.67. The minimum atomic E-state index is -0.268. The van der Waals surface area contributed by atoms with E-state index in [1.54, 1.807) is 19.1 Å². The van der Waals surface area contributed by atoms with Gasteiger partial charge in [0.2, 0.25) is 0 Å². The van der Waals surface area contributed by atoms with E-state index in [0.717, 1.165) is 10.5 Å². The SMILES string of the molecule is COC(=O)CSc1ccc(N=O)c(C)c1. The van der Waals surface area contributed by atoms with Gasteiger partial charge >= 0.3 is 5.97 Å². The predicted octanol–water partition coefficient (Wildman–Crippen LogP) is 2.66. The third kappa shape index (κ3) is 3.36. The monoisotopic (exact) mass is 225 g/mol. The highest BCUT2D eigenvalue weighted by atomic mass is 32.2. The van der Waals surface area contributed by atoms with Crippen LogP contribution in [0.3, 0.4) is 0 Å². The minimum Gasteiger partial charge on any atom is -0.468 e. The Bertz CT molecular complexity index is 379. The summed E-state index contributed by atoms with van der Waals surface area (Å²) in [7, 11) is 1.35. The van der Waals surface area contributed by atoms with Crippen LogP contribution in [-0.2, 0) is 9.53 Å². The first-order valence-corrected chi connectivity index (χ1v) is 5.29. The zero-order valence-corrected chi connectivity index (χ0v) is 9.34. The van der Waals surface area contributed by atoms with Crippen molar-refractivity contribution in [2.45, 2.75) is 11.8 Å². The number of methoxy groups -OCH3 is 1. The molecule has 4 nitrogen and oxygen atoms in total. The second-order valence-electron chi connectivity index (χ2n) is 2.90. The van der Waals surface area contributed by atoms with Crippen LogP contribution in [-0.4, -0.2) is 18.8 Å². The Hall–Kier alpha value is -1.36. The van der Waals surface area contributed by atoms with E-state index in [2.05, 4.69) is 9.91 Å². The first kappa shape index (κ1) is 11.7. The fourth-order valence-corrected chi connectivity index (χ4v) is 1.85. The highest BCUT2D eigenvalue weighted by Crippen LogP contribution is 2.25. The Morgan fingerprint density at radius 2 is 2.27 bits per heavy atom. The fourth-order valence-electron chi connectivity index (χ4n) is 1.02. The van der Waals surface area contributed by atoms with E-state index in [4.69, 9.17) is 0 Å². The third-order valence-corrected chi connectivity index (χ3v) is 2.82. The maximum Gasteiger partial charge on any atom is 0.315 e. The van der Waals surface area contributed by atoms with Crippen LogP contribution in [0.1, 0.15) is 5.56 Å². The molecule has 0 aliphatic carbocycles. The van der Waals surface area contributed by atoms with Crippen molar-refractivity contribution in [3.63, 3.8) is 0 Å². The average Bonchev–Trinajstić information content (AvgIpc) is 2.26. The number of rotatable bonds is 4. The van der Waals surface area contributed by atoms with E-state index in [0.29, 0.717) is 5.69 Å². The lowest BCUT2D eigenvalue weighted by atomic mass is 10.2. The van der Waals surface area contributed by atoms with Gasteiger partial charge in [-0.3, -0.25) is 4.79 Å². The molecule has 5 heteroatoms. The number of carbonyl (C=O) groups excluding carboxylic acids is 1. The lowest BCUT2D eigenvalue weighted by molar-refractivity contribution is -0.137. The Kier molecular flexibility index (Phi) is 4.30. The molecular weight excluding hydrogens is 214 g/mol. The molecule has 15 heavy (non-hydrogen) atoms. The Morgan fingerprint density at radius 1 is 1.53 bits per heavy atom. The highest BCUT2D eigenvalue weighted by Gasteiger charge is 2.04. The molecule has 1 aromatic carbocycles. The summed E-state index contributed by atoms with van der Waals surface area (Å²) in [5.74, 6) is -0.000631. The first-order valence-electron chi connectivity index (χ1n) is 4.31. The van der Waals surface area contributed by atoms with E-state index in [-0.39, 0.29) is 11.7 Å². The van der Waals surface area contributed by atoms with Gasteiger partial charge < -0.3 is 4.74 Å². The van der Waals surface area contributed by atoms with E-state index in [1.165, 1.54) is 18.9 Å². The maximum atomic E-state index is 10.9. The number of nitrogens with zero attached hydrogens (tertiary/aromatic N) is 1. The van der Waals surface area contributed by atoms with Crippen LogP contribution >= 0.6 is 11.8 Å². The molecule has 1 rings (SSSR count). The predicted molar refractivity (Wildman–Crippen MR) is 59.4 cm³/mol. The van der Waals surface area contributed by atoms with E-state index in [9.17, 15) is 9.70 Å². The largest absolute Gasteiger partial charge is 0.468 e. The number of aryl methyl sites for hydroxylation is 1. The van der Waals surface area contributed by atoms with Gasteiger partial charge in [0, 0.05) is 4.90 Å². The van der Waals surface area contributed by atoms with Crippen molar-refractivity contribution >= 4 is 23.4 Å². The van der Waals surface area contributed by atoms with E-state index < -0.39 is 0 Å². The van der Waals surface area contributed by atoms with E-state index in [1.807, 2.05) is 6.07 Å². The van der Waals surface area contributed by atoms with Gasteiger partial charge in [-0.15, -0.1) is 16.7 Å². The van der Waals surface area contributed by atoms with Crippen LogP contribution in [0, 0.1) is 11.8 Å². The van der Waals surface area contributed by atoms with Crippen molar-refractivity contribution in [2.75, 3.05) is 12.9 Å². The molecule has 0 heterocycles. The molecule has 0 fully saturated rings. The summed E-state index contributed by atoms with van der Waals surface area (Å²) in [6.45, 7) is 1.80. The number of benzene rings is 1. The normalized spacial score (nSPS) is 9.73. The van der Waals surface area contributed by atoms with Crippen LogP contribution in [0.4, 0.5) is 5.69 Å². The van der Waals surface area contributed by atoms with Gasteiger partial charge in [0.25, 0.3) is 0 Å². The van der Waals surface area contributed by atoms with Gasteiger partial charge in [-0.05, 0) is 35.9 Å². The molecule has 0 saturated carbocycles. The van der Waals surface area contributed by atoms with Crippen LogP contribution in [0.5, 0.6) is 0 Å². The van der Waals surface area contributed by atoms with Gasteiger partial charge in [-0.2, -0.15) is 0 Å². The van der Waals surface area contributed by atoms with Gasteiger partial charge in [-0.25, -0.2) is 0 Å². The van der Waals surface area contributed by atoms with Crippen molar-refractivity contribution in [1.29, 1.82) is 0 Å². The average molecular weight is 225 g/mol. The Morgan fingerprint density at radius 3 is 2.80 bits per heavy atom. The summed E-state index contributed by atoms with van der Waals surface area (Å²) in [6.07, 6.45) is 0. The number of hydrogen-bond donors (Lipinski definition) is 0. The Labute approximate surface area is 92.0 Å². The zero-order chi connectivity index (χ0) is 11.3. The van der Waals surface area contributed by atoms with Crippen molar-refractivity contribution in [2.24, 2.45) is 5.18 Å². The summed E-state index contributed by atoms with van der Waals surface area (Å²) in [6, 6.07) is 5.23. The fraction of sp³-hybridized carbons (Fsp3) is 0.300. The molecule has 0 bridgehead atoms. The van der Waals surface area contributed by atoms with Gasteiger partial charge in [-0.1, -0.05) is 0 Å². The number of thioether (sulfide) groups is 1. The van der Waals surface area contributed by atoms with Gasteiger partial charge in [0.05, 0.1) is 12.9 Å². The summed E-state index contributed by atoms with van der Waals surface area (Å²) in [4.78, 5) is 22.1. The molecule has 1 aromatic rings. The zero-order valence-electron chi connectivity index (χ0n) is 8.52. The molecule has 0 spiro atoms. The van der Waals surface area contributed by atoms with Crippen LogP contribution < -0.4 is 0 Å². The number of carbonyl (C=O) groups is 1. The molecular formula is C10H11NO3S. The minimum absolute atomic E-state index is 0.268. The van der Waals surface area contributed by atoms with E-state index >= 15 is 0 Å². The molecule has 0 N–H and O–H groups in total. The lowest BCUT2D eigenvalue weighted by Gasteiger charge is -2.02. The number of hydrogen-bond acceptors (Lipinski definition) is 5. The highest BCUT2D eigenvalue weighted by molar-refractivity contribution is 8.00. The van der Waals surface area contributed by atoms with Gasteiger partial charge in [0.1, 0.15) is 5.69 Å². The molecule has 0 saturated heterocycles. The lowest BCUT2D eigenvalue weighted by Crippen LogP contribution is -2.02. The van der Waals surface area contributed by atoms with Gasteiger partial charge in [0.15, 0.2) is 0 Å². The third-order valence-electron chi connectivity index (χ3n) is 1.85. The standard InChI is InChI=1S/C10H11NO3S/c1-7-5-8(3-4-9(7)11-13)15-6-10(12)14-2/h3-5H,6H2,1-2H3. The summed E-state index contributed by atoms with van der Waals surface area (Å²) in [5, 5.41) is 2.87. The molecule has 0 aliphatic heterocycles. The summed E-state index contributed by atoms with van der Waals surface area (Å²) < 4.78 is 4.52. The second kappa shape index (κ2) is 5.50. The maximum absolute atomic E-state index is 10.9. The molecule has 80 valence electrons. The van der Waals surface area contributed by atoms with Crippen LogP contribution in [0.25, 0.3) is 0 Å². The van der Waals surface area contributed by atoms with Crippen molar-refractivity contribution in [1.82, 2.24) is 0 Å². The molecule has 0 radical (unpaired) electrons.